The maximum Gasteiger partial charge on any atom is 0.272 e. The van der Waals surface area contributed by atoms with E-state index in [4.69, 9.17) is 5.73 Å². The molecule has 0 aliphatic heterocycles. The SMILES string of the molecule is NC1CCCC1Cc1cc(F)ccc1[N+](=O)[O-]. The van der Waals surface area contributed by atoms with E-state index < -0.39 is 10.7 Å². The highest BCUT2D eigenvalue weighted by atomic mass is 19.1. The van der Waals surface area contributed by atoms with Gasteiger partial charge in [0.15, 0.2) is 0 Å². The Bertz CT molecular complexity index is 437. The number of nitrogens with two attached hydrogens (primary N) is 1. The fraction of sp³-hybridized carbons (Fsp3) is 0.500. The fourth-order valence-electron chi connectivity index (χ4n) is 2.50. The van der Waals surface area contributed by atoms with Gasteiger partial charge in [-0.2, -0.15) is 0 Å². The van der Waals surface area contributed by atoms with Gasteiger partial charge < -0.3 is 5.73 Å². The first kappa shape index (κ1) is 12.0. The molecule has 1 fully saturated rings. The van der Waals surface area contributed by atoms with Crippen LogP contribution in [0.25, 0.3) is 0 Å². The average molecular weight is 238 g/mol. The van der Waals surface area contributed by atoms with Crippen LogP contribution >= 0.6 is 0 Å². The minimum absolute atomic E-state index is 0.00880. The number of benzene rings is 1. The highest BCUT2D eigenvalue weighted by molar-refractivity contribution is 5.40. The lowest BCUT2D eigenvalue weighted by Crippen LogP contribution is -2.26. The van der Waals surface area contributed by atoms with Crippen LogP contribution in [0.5, 0.6) is 0 Å². The third kappa shape index (κ3) is 2.61. The number of nitro benzene ring substituents is 1. The highest BCUT2D eigenvalue weighted by Crippen LogP contribution is 2.30. The zero-order valence-electron chi connectivity index (χ0n) is 9.43. The third-order valence-electron chi connectivity index (χ3n) is 3.44. The second-order valence-corrected chi connectivity index (χ2v) is 4.59. The van der Waals surface area contributed by atoms with E-state index in [1.54, 1.807) is 0 Å². The topological polar surface area (TPSA) is 69.2 Å². The predicted molar refractivity (Wildman–Crippen MR) is 62.1 cm³/mol. The molecule has 2 rings (SSSR count). The highest BCUT2D eigenvalue weighted by Gasteiger charge is 2.26. The van der Waals surface area contributed by atoms with Gasteiger partial charge in [-0.15, -0.1) is 0 Å². The Balaban J connectivity index is 2.24. The van der Waals surface area contributed by atoms with Crippen LogP contribution in [0.2, 0.25) is 0 Å². The second kappa shape index (κ2) is 4.79. The van der Waals surface area contributed by atoms with E-state index in [1.807, 2.05) is 0 Å². The van der Waals surface area contributed by atoms with Crippen molar-refractivity contribution in [2.45, 2.75) is 31.7 Å². The minimum Gasteiger partial charge on any atom is -0.327 e. The Morgan fingerprint density at radius 3 is 2.82 bits per heavy atom. The maximum atomic E-state index is 13.1. The Morgan fingerprint density at radius 1 is 1.47 bits per heavy atom. The molecule has 0 radical (unpaired) electrons. The van der Waals surface area contributed by atoms with Crippen molar-refractivity contribution in [1.82, 2.24) is 0 Å². The van der Waals surface area contributed by atoms with Crippen LogP contribution < -0.4 is 5.73 Å². The Kier molecular flexibility index (Phi) is 3.38. The summed E-state index contributed by atoms with van der Waals surface area (Å²) in [6.45, 7) is 0. The lowest BCUT2D eigenvalue weighted by Gasteiger charge is -2.15. The van der Waals surface area contributed by atoms with Crippen molar-refractivity contribution in [2.75, 3.05) is 0 Å². The van der Waals surface area contributed by atoms with Crippen LogP contribution in [-0.4, -0.2) is 11.0 Å². The van der Waals surface area contributed by atoms with Gasteiger partial charge in [0.2, 0.25) is 0 Å². The normalized spacial score (nSPS) is 23.9. The van der Waals surface area contributed by atoms with Crippen LogP contribution in [0, 0.1) is 21.8 Å². The summed E-state index contributed by atoms with van der Waals surface area (Å²) in [5.74, 6) is -0.201. The van der Waals surface area contributed by atoms with Gasteiger partial charge in [0.1, 0.15) is 5.82 Å². The van der Waals surface area contributed by atoms with Crippen LogP contribution in [-0.2, 0) is 6.42 Å². The summed E-state index contributed by atoms with van der Waals surface area (Å²) in [4.78, 5) is 10.4. The average Bonchev–Trinajstić information content (AvgIpc) is 2.64. The number of hydrogen-bond donors (Lipinski definition) is 1. The summed E-state index contributed by atoms with van der Waals surface area (Å²) < 4.78 is 13.1. The Labute approximate surface area is 98.8 Å². The fourth-order valence-corrected chi connectivity index (χ4v) is 2.50. The van der Waals surface area contributed by atoms with Gasteiger partial charge in [0, 0.05) is 17.7 Å². The van der Waals surface area contributed by atoms with E-state index in [2.05, 4.69) is 0 Å². The van der Waals surface area contributed by atoms with Crippen molar-refractivity contribution in [3.05, 3.63) is 39.7 Å². The first-order chi connectivity index (χ1) is 8.08. The van der Waals surface area contributed by atoms with Crippen molar-refractivity contribution in [3.63, 3.8) is 0 Å². The number of halogens is 1. The number of nitrogens with zero attached hydrogens (tertiary/aromatic N) is 1. The molecule has 1 aliphatic rings. The molecule has 1 aliphatic carbocycles. The van der Waals surface area contributed by atoms with Crippen LogP contribution in [0.3, 0.4) is 0 Å². The molecule has 2 unspecified atom stereocenters. The van der Waals surface area contributed by atoms with Gasteiger partial charge in [0.05, 0.1) is 4.92 Å². The van der Waals surface area contributed by atoms with Crippen molar-refractivity contribution in [2.24, 2.45) is 11.7 Å². The van der Waals surface area contributed by atoms with Gasteiger partial charge in [0.25, 0.3) is 5.69 Å². The van der Waals surface area contributed by atoms with E-state index in [1.165, 1.54) is 12.1 Å². The lowest BCUT2D eigenvalue weighted by atomic mass is 9.94. The molecule has 5 heteroatoms. The van der Waals surface area contributed by atoms with E-state index in [0.717, 1.165) is 25.3 Å². The summed E-state index contributed by atoms with van der Waals surface area (Å²) >= 11 is 0. The molecule has 1 saturated carbocycles. The molecule has 0 bridgehead atoms. The number of rotatable bonds is 3. The van der Waals surface area contributed by atoms with Crippen molar-refractivity contribution in [1.29, 1.82) is 0 Å². The van der Waals surface area contributed by atoms with Crippen LogP contribution in [0.4, 0.5) is 10.1 Å². The molecule has 1 aromatic carbocycles. The standard InChI is InChI=1S/C12H15FN2O2/c13-10-4-5-12(15(16)17)9(7-10)6-8-2-1-3-11(8)14/h4-5,7-8,11H,1-3,6,14H2. The van der Waals surface area contributed by atoms with Crippen molar-refractivity contribution >= 4 is 5.69 Å². The molecule has 2 atom stereocenters. The van der Waals surface area contributed by atoms with Crippen LogP contribution in [0.15, 0.2) is 18.2 Å². The molecule has 1 aromatic rings. The molecule has 0 amide bonds. The summed E-state index contributed by atoms with van der Waals surface area (Å²) in [6.07, 6.45) is 3.47. The molecule has 2 N–H and O–H groups in total. The van der Waals surface area contributed by atoms with E-state index in [9.17, 15) is 14.5 Å². The van der Waals surface area contributed by atoms with Crippen molar-refractivity contribution in [3.8, 4) is 0 Å². The maximum absolute atomic E-state index is 13.1. The summed E-state index contributed by atoms with van der Waals surface area (Å²) in [5.41, 5.74) is 6.37. The number of nitro groups is 1. The van der Waals surface area contributed by atoms with Gasteiger partial charge in [-0.25, -0.2) is 4.39 Å². The predicted octanol–water partition coefficient (Wildman–Crippen LogP) is 2.40. The molecule has 0 heterocycles. The van der Waals surface area contributed by atoms with Crippen molar-refractivity contribution < 1.29 is 9.31 Å². The third-order valence-corrected chi connectivity index (χ3v) is 3.44. The van der Waals surface area contributed by atoms with Gasteiger partial charge in [-0.1, -0.05) is 6.42 Å². The zero-order chi connectivity index (χ0) is 12.4. The van der Waals surface area contributed by atoms with E-state index in [0.29, 0.717) is 12.0 Å². The molecular formula is C12H15FN2O2. The lowest BCUT2D eigenvalue weighted by molar-refractivity contribution is -0.385. The Morgan fingerprint density at radius 2 is 2.24 bits per heavy atom. The summed E-state index contributed by atoms with van der Waals surface area (Å²) in [7, 11) is 0. The van der Waals surface area contributed by atoms with Gasteiger partial charge in [-0.3, -0.25) is 10.1 Å². The molecule has 0 aromatic heterocycles. The molecule has 0 saturated heterocycles. The monoisotopic (exact) mass is 238 g/mol. The van der Waals surface area contributed by atoms with Crippen LogP contribution in [0.1, 0.15) is 24.8 Å². The quantitative estimate of drug-likeness (QED) is 0.649. The van der Waals surface area contributed by atoms with E-state index in [-0.39, 0.29) is 17.6 Å². The molecule has 92 valence electrons. The van der Waals surface area contributed by atoms with E-state index >= 15 is 0 Å². The Hall–Kier alpha value is -1.49. The molecule has 17 heavy (non-hydrogen) atoms. The first-order valence-corrected chi connectivity index (χ1v) is 5.76. The second-order valence-electron chi connectivity index (χ2n) is 4.59. The minimum atomic E-state index is -0.463. The zero-order valence-corrected chi connectivity index (χ0v) is 9.43. The van der Waals surface area contributed by atoms with Gasteiger partial charge >= 0.3 is 0 Å². The number of hydrogen-bond acceptors (Lipinski definition) is 3. The molecule has 4 nitrogen and oxygen atoms in total. The molecule has 0 spiro atoms. The van der Waals surface area contributed by atoms with Gasteiger partial charge in [-0.05, 0) is 37.3 Å². The smallest absolute Gasteiger partial charge is 0.272 e. The molecular weight excluding hydrogens is 223 g/mol. The summed E-state index contributed by atoms with van der Waals surface area (Å²) in [6, 6.07) is 3.68. The largest absolute Gasteiger partial charge is 0.327 e. The summed E-state index contributed by atoms with van der Waals surface area (Å²) in [5, 5.41) is 10.8. The first-order valence-electron chi connectivity index (χ1n) is 5.76.